The number of aliphatic hydroxyl groups excluding tert-OH is 15. The summed E-state index contributed by atoms with van der Waals surface area (Å²) >= 11 is 3.94. The Hall–Kier alpha value is -7.32. The van der Waals surface area contributed by atoms with E-state index in [0.29, 0.717) is 17.5 Å². The van der Waals surface area contributed by atoms with Crippen LogP contribution in [0.2, 0.25) is 0 Å². The van der Waals surface area contributed by atoms with Gasteiger partial charge in [-0.3, -0.25) is 62.3 Å². The molecule has 18 atom stereocenters. The fourth-order valence-corrected chi connectivity index (χ4v) is 9.60. The van der Waals surface area contributed by atoms with Gasteiger partial charge >= 0.3 is 17.9 Å². The van der Waals surface area contributed by atoms with E-state index < -0.39 is 315 Å². The Balaban J connectivity index is 3.89. The zero-order valence-corrected chi connectivity index (χ0v) is 54.0. The van der Waals surface area contributed by atoms with Crippen LogP contribution in [-0.4, -0.2) is 306 Å². The van der Waals surface area contributed by atoms with Crippen LogP contribution < -0.4 is 37.2 Å². The summed E-state index contributed by atoms with van der Waals surface area (Å²) in [6.45, 7) is -5.45. The highest BCUT2D eigenvalue weighted by molar-refractivity contribution is 7.80. The molecule has 0 unspecified atom stereocenters. The lowest BCUT2D eigenvalue weighted by molar-refractivity contribution is -0.143. The number of hydrogen-bond donors (Lipinski definition) is 26. The van der Waals surface area contributed by atoms with Gasteiger partial charge in [-0.25, -0.2) is 0 Å². The number of carbonyl (C=O) groups is 13. The molecule has 39 heteroatoms. The molecule has 1 aromatic carbocycles. The Bertz CT molecular complexity index is 2740. The highest BCUT2D eigenvalue weighted by Gasteiger charge is 2.37. The summed E-state index contributed by atoms with van der Waals surface area (Å²) < 4.78 is 0. The van der Waals surface area contributed by atoms with Crippen molar-refractivity contribution < 1.29 is 154 Å². The number of thiol groups is 1. The maximum atomic E-state index is 14.6. The molecule has 0 saturated heterocycles. The van der Waals surface area contributed by atoms with E-state index in [4.69, 9.17) is 15.3 Å². The summed E-state index contributed by atoms with van der Waals surface area (Å²) in [5.74, 6) is -20.0. The minimum absolute atomic E-state index is 0.122. The monoisotopic (exact) mass is 1430 g/mol. The first-order valence-corrected chi connectivity index (χ1v) is 31.5. The van der Waals surface area contributed by atoms with Crippen molar-refractivity contribution in [2.75, 3.05) is 45.2 Å². The smallest absolute Gasteiger partial charge is 0.307 e. The number of Topliss-reactive ketones (excluding diaryl/α,β-unsaturated/α-hetero) is 3. The third kappa shape index (κ3) is 33.5. The van der Waals surface area contributed by atoms with Gasteiger partial charge in [0.2, 0.25) is 41.9 Å². The topological polar surface area (TPSA) is 670 Å². The predicted molar refractivity (Wildman–Crippen MR) is 333 cm³/mol. The van der Waals surface area contributed by atoms with Crippen LogP contribution in [0.5, 0.6) is 0 Å². The molecule has 556 valence electrons. The third-order valence-electron chi connectivity index (χ3n) is 15.5. The first kappa shape index (κ1) is 88.7. The van der Waals surface area contributed by atoms with Gasteiger partial charge in [-0.1, -0.05) is 24.3 Å². The van der Waals surface area contributed by atoms with E-state index in [2.05, 4.69) is 49.8 Å². The molecule has 0 aliphatic carbocycles. The zero-order chi connectivity index (χ0) is 74.5. The van der Waals surface area contributed by atoms with Crippen molar-refractivity contribution in [2.24, 2.45) is 17.8 Å². The van der Waals surface area contributed by atoms with Crippen LogP contribution in [0.15, 0.2) is 24.3 Å². The number of hydrogen-bond acceptors (Lipinski definition) is 29. The van der Waals surface area contributed by atoms with Crippen molar-refractivity contribution in [3.8, 4) is 0 Å². The molecule has 38 nitrogen and oxygen atoms in total. The lowest BCUT2D eigenvalue weighted by Crippen LogP contribution is -2.50. The molecule has 0 aliphatic rings. The molecule has 7 amide bonds. The molecule has 98 heavy (non-hydrogen) atoms. The number of benzene rings is 1. The Morgan fingerprint density at radius 1 is 0.398 bits per heavy atom. The molecule has 25 N–H and O–H groups in total. The number of carboxylic acids is 3. The van der Waals surface area contributed by atoms with Gasteiger partial charge in [-0.05, 0) is 43.2 Å². The van der Waals surface area contributed by atoms with Crippen molar-refractivity contribution in [1.29, 1.82) is 0 Å². The Kier molecular flexibility index (Phi) is 42.4. The van der Waals surface area contributed by atoms with Crippen molar-refractivity contribution >= 4 is 89.7 Å². The molecule has 0 heterocycles. The van der Waals surface area contributed by atoms with Gasteiger partial charge in [0, 0.05) is 95.1 Å². The largest absolute Gasteiger partial charge is 0.481 e. The predicted octanol–water partition coefficient (Wildman–Crippen LogP) is -10.6. The molecule has 0 aromatic heterocycles. The second kappa shape index (κ2) is 46.9. The standard InChI is InChI=1S/C59H93N7O31S/c67-23-42(77)54(91)51(88)39(74)20-61-45(80)10-7-33(64-48(83)15-28-1-3-29(4-2-28)19-60-27-70)36(71)16-30(5-13-49(84)85)57(94)65-34(8-11-46(81)62-21-40(75)52(89)55(92)43(78)24-68)37(72)17-31(6-14-50(86)87)58(95)66-35(38(73)18-32(26-98)59(96)97)9-12-47(82)63-22-41(76)53(90)56(93)44(79)25-69/h1-4,27,30-35,39-44,51-56,67-69,74-79,88-93,98H,5-26H2,(H,60,70)(H,61,80)(H,62,81)(H,63,82)(H,64,83)(H,65,94)(H,66,95)(H,84,85)(H,86,87)(H,96,97)/t30-,31-,32+,33-,34-,35-,39-,40-,41-,42+,43+,44+,51+,52+,53+,54+,55+,56+/m0/s1. The van der Waals surface area contributed by atoms with Gasteiger partial charge < -0.3 is 129 Å². The number of rotatable bonds is 54. The molecular formula is C59H93N7O31S. The van der Waals surface area contributed by atoms with E-state index in [9.17, 15) is 139 Å². The van der Waals surface area contributed by atoms with Crippen LogP contribution >= 0.6 is 12.6 Å². The summed E-state index contributed by atoms with van der Waals surface area (Å²) in [7, 11) is 0. The Labute approximate surface area is 565 Å². The summed E-state index contributed by atoms with van der Waals surface area (Å²) in [4.78, 5) is 171. The van der Waals surface area contributed by atoms with Crippen LogP contribution in [0, 0.1) is 17.8 Å². The molecular weight excluding hydrogens is 1330 g/mol. The second-order valence-electron chi connectivity index (χ2n) is 23.1. The van der Waals surface area contributed by atoms with Crippen LogP contribution in [0.1, 0.15) is 94.6 Å². The van der Waals surface area contributed by atoms with E-state index in [1.54, 1.807) is 12.1 Å². The second-order valence-corrected chi connectivity index (χ2v) is 23.5. The number of carbonyl (C=O) groups excluding carboxylic acids is 10. The molecule has 1 rings (SSSR count). The minimum Gasteiger partial charge on any atom is -0.481 e. The van der Waals surface area contributed by atoms with E-state index in [0.717, 1.165) is 0 Å². The van der Waals surface area contributed by atoms with Crippen LogP contribution in [0.4, 0.5) is 0 Å². The van der Waals surface area contributed by atoms with Gasteiger partial charge in [0.15, 0.2) is 17.3 Å². The SMILES string of the molecule is O=CNCc1ccc(CC(=O)N[C@@H](CCC(=O)NC[C@H](O)[C@@H](O)[C@H](O)[C@H](O)CO)C(=O)C[C@H](CCC(=O)O)C(=O)N[C@@H](CCC(=O)NC[C@H](O)[C@@H](O)[C@H](O)[C@H](O)CO)C(=O)C[C@H](CCC(=O)O)C(=O)N[C@@H](CCC(=O)NC[C@H](O)[C@@H](O)[C@H](O)[C@H](O)CO)C(=O)C[C@H](CS)C(=O)O)cc1. The first-order chi connectivity index (χ1) is 46.0. The number of amides is 7. The molecule has 0 radical (unpaired) electrons. The minimum atomic E-state index is -2.18. The number of aliphatic hydroxyl groups is 15. The maximum Gasteiger partial charge on any atom is 0.307 e. The lowest BCUT2D eigenvalue weighted by atomic mass is 9.89. The zero-order valence-electron chi connectivity index (χ0n) is 53.1. The highest BCUT2D eigenvalue weighted by atomic mass is 32.1. The summed E-state index contributed by atoms with van der Waals surface area (Å²) in [5, 5.41) is 193. The van der Waals surface area contributed by atoms with Gasteiger partial charge in [-0.2, -0.15) is 12.6 Å². The number of ketones is 3. The van der Waals surface area contributed by atoms with Crippen LogP contribution in [-0.2, 0) is 75.3 Å². The third-order valence-corrected chi connectivity index (χ3v) is 15.9. The summed E-state index contributed by atoms with van der Waals surface area (Å²) in [6.07, 6.45) is -34.8. The van der Waals surface area contributed by atoms with Crippen molar-refractivity contribution in [3.63, 3.8) is 0 Å². The first-order valence-electron chi connectivity index (χ1n) is 30.9. The van der Waals surface area contributed by atoms with Gasteiger partial charge in [0.1, 0.15) is 54.9 Å². The lowest BCUT2D eigenvalue weighted by Gasteiger charge is -2.27. The fraction of sp³-hybridized carbons (Fsp3) is 0.678. The normalized spacial score (nSPS) is 17.0. The maximum absolute atomic E-state index is 14.6. The number of nitrogens with one attached hydrogen (secondary N) is 7. The molecule has 1 aromatic rings. The quantitative estimate of drug-likeness (QED) is 0.0213. The van der Waals surface area contributed by atoms with E-state index in [-0.39, 0.29) is 6.54 Å². The van der Waals surface area contributed by atoms with Crippen molar-refractivity contribution in [2.45, 2.75) is 188 Å². The molecule has 0 aliphatic heterocycles. The van der Waals surface area contributed by atoms with E-state index >= 15 is 0 Å². The molecule has 0 fully saturated rings. The summed E-state index contributed by atoms with van der Waals surface area (Å²) in [6, 6.07) is 0.609. The molecule has 0 saturated carbocycles. The van der Waals surface area contributed by atoms with Crippen molar-refractivity contribution in [3.05, 3.63) is 35.4 Å². The Morgan fingerprint density at radius 3 is 1.00 bits per heavy atom. The van der Waals surface area contributed by atoms with Gasteiger partial charge in [0.25, 0.3) is 0 Å². The number of carboxylic acid groups (broad SMARTS) is 3. The number of aliphatic carboxylic acids is 3. The van der Waals surface area contributed by atoms with Gasteiger partial charge in [0.05, 0.1) is 68.6 Å². The van der Waals surface area contributed by atoms with Crippen molar-refractivity contribution in [1.82, 2.24) is 37.2 Å². The molecule has 0 bridgehead atoms. The Morgan fingerprint density at radius 2 is 0.704 bits per heavy atom. The fourth-order valence-electron chi connectivity index (χ4n) is 9.32. The van der Waals surface area contributed by atoms with Gasteiger partial charge in [-0.15, -0.1) is 0 Å². The highest BCUT2D eigenvalue weighted by Crippen LogP contribution is 2.22. The summed E-state index contributed by atoms with van der Waals surface area (Å²) in [5.41, 5.74) is 0.982. The average Bonchev–Trinajstić information content (AvgIpc) is 0.919. The average molecular weight is 1430 g/mol. The van der Waals surface area contributed by atoms with Crippen LogP contribution in [0.3, 0.4) is 0 Å². The van der Waals surface area contributed by atoms with E-state index in [1.165, 1.54) is 12.1 Å². The van der Waals surface area contributed by atoms with Crippen LogP contribution in [0.25, 0.3) is 0 Å². The van der Waals surface area contributed by atoms with E-state index in [1.807, 2.05) is 0 Å². The molecule has 0 spiro atoms.